The molecule has 2 aromatic carbocycles. The van der Waals surface area contributed by atoms with Crippen molar-refractivity contribution in [2.75, 3.05) is 25.0 Å². The van der Waals surface area contributed by atoms with E-state index in [1.54, 1.807) is 0 Å². The molecule has 0 saturated carbocycles. The maximum Gasteiger partial charge on any atom is 0.110 e. The first-order chi connectivity index (χ1) is 13.0. The minimum atomic E-state index is 0.0305. The number of hydrogen-bond acceptors (Lipinski definition) is 2. The molecule has 1 spiro atoms. The Bertz CT molecular complexity index is 888. The Hall–Kier alpha value is -1.26. The number of rotatable bonds is 2. The van der Waals surface area contributed by atoms with Crippen LogP contribution in [0.3, 0.4) is 0 Å². The van der Waals surface area contributed by atoms with Gasteiger partial charge in [0.1, 0.15) is 5.84 Å². The topological polar surface area (TPSA) is 27.6 Å². The minimum Gasteiger partial charge on any atom is -0.332 e. The van der Waals surface area contributed by atoms with E-state index in [1.165, 1.54) is 5.56 Å². The molecule has 0 aliphatic carbocycles. The second-order valence-corrected chi connectivity index (χ2v) is 8.68. The van der Waals surface area contributed by atoms with E-state index < -0.39 is 0 Å². The maximum absolute atomic E-state index is 6.31. The lowest BCUT2D eigenvalue weighted by molar-refractivity contribution is 0.289. The zero-order chi connectivity index (χ0) is 19.0. The van der Waals surface area contributed by atoms with E-state index in [9.17, 15) is 0 Å². The van der Waals surface area contributed by atoms with Crippen LogP contribution in [0.4, 0.5) is 5.69 Å². The van der Waals surface area contributed by atoms with Gasteiger partial charge in [0.25, 0.3) is 0 Å². The Morgan fingerprint density at radius 2 is 1.81 bits per heavy atom. The Morgan fingerprint density at radius 3 is 2.56 bits per heavy atom. The van der Waals surface area contributed by atoms with Gasteiger partial charge in [-0.3, -0.25) is 4.99 Å². The molecule has 2 aliphatic rings. The molecule has 0 amide bonds. The van der Waals surface area contributed by atoms with Crippen molar-refractivity contribution in [2.45, 2.75) is 25.8 Å². The number of halogens is 3. The molecule has 3 nitrogen and oxygen atoms in total. The van der Waals surface area contributed by atoms with Gasteiger partial charge in [-0.15, -0.1) is 0 Å². The SMILES string of the molecule is CN1C(=NCc2cccc(Cl)c2)C2(CCNCC2)Cc2cc(Cl)c(Cl)cc21. The number of amidine groups is 1. The smallest absolute Gasteiger partial charge is 0.110 e. The summed E-state index contributed by atoms with van der Waals surface area (Å²) in [5.41, 5.74) is 3.49. The van der Waals surface area contributed by atoms with Crippen molar-refractivity contribution in [1.29, 1.82) is 0 Å². The number of nitrogens with zero attached hydrogens (tertiary/aromatic N) is 2. The van der Waals surface area contributed by atoms with Gasteiger partial charge in [0.05, 0.1) is 16.6 Å². The van der Waals surface area contributed by atoms with Gasteiger partial charge in [-0.25, -0.2) is 0 Å². The number of anilines is 1. The fourth-order valence-corrected chi connectivity index (χ4v) is 4.88. The largest absolute Gasteiger partial charge is 0.332 e. The van der Waals surface area contributed by atoms with Crippen LogP contribution >= 0.6 is 34.8 Å². The molecule has 2 aromatic rings. The molecule has 1 N–H and O–H groups in total. The molecular formula is C21H22Cl3N3. The number of nitrogens with one attached hydrogen (secondary N) is 1. The van der Waals surface area contributed by atoms with Crippen molar-refractivity contribution in [3.05, 3.63) is 62.6 Å². The molecule has 0 bridgehead atoms. The zero-order valence-electron chi connectivity index (χ0n) is 15.2. The molecule has 4 rings (SSSR count). The summed E-state index contributed by atoms with van der Waals surface area (Å²) in [5.74, 6) is 1.13. The third-order valence-electron chi connectivity index (χ3n) is 5.66. The van der Waals surface area contributed by atoms with Crippen molar-refractivity contribution in [1.82, 2.24) is 5.32 Å². The summed E-state index contributed by atoms with van der Waals surface area (Å²) in [6, 6.07) is 11.9. The van der Waals surface area contributed by atoms with Crippen LogP contribution in [0.2, 0.25) is 15.1 Å². The van der Waals surface area contributed by atoms with Gasteiger partial charge in [-0.05, 0) is 67.7 Å². The number of aliphatic imine (C=N–C) groups is 1. The van der Waals surface area contributed by atoms with Gasteiger partial charge < -0.3 is 10.2 Å². The van der Waals surface area contributed by atoms with E-state index in [-0.39, 0.29) is 5.41 Å². The summed E-state index contributed by atoms with van der Waals surface area (Å²) in [7, 11) is 2.09. The lowest BCUT2D eigenvalue weighted by Crippen LogP contribution is -2.52. The fourth-order valence-electron chi connectivity index (χ4n) is 4.33. The summed E-state index contributed by atoms with van der Waals surface area (Å²) in [4.78, 5) is 7.29. The van der Waals surface area contributed by atoms with E-state index >= 15 is 0 Å². The number of benzene rings is 2. The molecule has 6 heteroatoms. The van der Waals surface area contributed by atoms with Gasteiger partial charge >= 0.3 is 0 Å². The van der Waals surface area contributed by atoms with Crippen molar-refractivity contribution in [2.24, 2.45) is 10.4 Å². The molecule has 0 unspecified atom stereocenters. The Kier molecular flexibility index (Phi) is 5.39. The summed E-state index contributed by atoms with van der Waals surface area (Å²) >= 11 is 18.8. The standard InChI is InChI=1S/C21H22Cl3N3/c1-27-19-11-18(24)17(23)10-15(19)12-21(5-7-25-8-6-21)20(27)26-13-14-3-2-4-16(22)9-14/h2-4,9-11,25H,5-8,12-13H2,1H3. The van der Waals surface area contributed by atoms with Crippen molar-refractivity contribution in [3.8, 4) is 0 Å². The molecule has 27 heavy (non-hydrogen) atoms. The van der Waals surface area contributed by atoms with Crippen molar-refractivity contribution in [3.63, 3.8) is 0 Å². The highest BCUT2D eigenvalue weighted by Crippen LogP contribution is 2.45. The highest BCUT2D eigenvalue weighted by molar-refractivity contribution is 6.42. The monoisotopic (exact) mass is 421 g/mol. The third-order valence-corrected chi connectivity index (χ3v) is 6.62. The first-order valence-electron chi connectivity index (χ1n) is 9.20. The molecule has 0 radical (unpaired) electrons. The van der Waals surface area contributed by atoms with Crippen LogP contribution in [-0.2, 0) is 13.0 Å². The third kappa shape index (κ3) is 3.71. The second kappa shape index (κ2) is 7.63. The first kappa shape index (κ1) is 19.1. The highest BCUT2D eigenvalue weighted by Gasteiger charge is 2.43. The number of hydrogen-bond donors (Lipinski definition) is 1. The summed E-state index contributed by atoms with van der Waals surface area (Å²) in [6.07, 6.45) is 3.07. The molecule has 2 heterocycles. The summed E-state index contributed by atoms with van der Waals surface area (Å²) < 4.78 is 0. The zero-order valence-corrected chi connectivity index (χ0v) is 17.5. The lowest BCUT2D eigenvalue weighted by Gasteiger charge is -2.46. The normalized spacial score (nSPS) is 20.1. The average molecular weight is 423 g/mol. The average Bonchev–Trinajstić information content (AvgIpc) is 2.64. The highest BCUT2D eigenvalue weighted by atomic mass is 35.5. The van der Waals surface area contributed by atoms with Crippen molar-refractivity contribution < 1.29 is 0 Å². The van der Waals surface area contributed by atoms with Gasteiger partial charge in [0, 0.05) is 23.2 Å². The number of fused-ring (bicyclic) bond motifs is 1. The van der Waals surface area contributed by atoms with Gasteiger partial charge in [-0.2, -0.15) is 0 Å². The van der Waals surface area contributed by atoms with Crippen molar-refractivity contribution >= 4 is 46.3 Å². The molecule has 1 saturated heterocycles. The Morgan fingerprint density at radius 1 is 1.07 bits per heavy atom. The van der Waals surface area contributed by atoms with E-state index in [2.05, 4.69) is 23.3 Å². The lowest BCUT2D eigenvalue weighted by atomic mass is 9.70. The van der Waals surface area contributed by atoms with E-state index in [1.807, 2.05) is 30.3 Å². The van der Waals surface area contributed by atoms with Gasteiger partial charge in [0.15, 0.2) is 0 Å². The van der Waals surface area contributed by atoms with Crippen LogP contribution in [-0.4, -0.2) is 26.0 Å². The number of piperidine rings is 1. The second-order valence-electron chi connectivity index (χ2n) is 7.43. The van der Waals surface area contributed by atoms with Gasteiger partial charge in [-0.1, -0.05) is 46.9 Å². The van der Waals surface area contributed by atoms with E-state index in [4.69, 9.17) is 39.8 Å². The molecule has 0 atom stereocenters. The molecule has 142 valence electrons. The van der Waals surface area contributed by atoms with E-state index in [0.717, 1.165) is 54.5 Å². The van der Waals surface area contributed by atoms with Gasteiger partial charge in [0.2, 0.25) is 0 Å². The van der Waals surface area contributed by atoms with Crippen LogP contribution in [0.5, 0.6) is 0 Å². The van der Waals surface area contributed by atoms with Crippen LogP contribution in [0.25, 0.3) is 0 Å². The Labute approximate surface area is 175 Å². The summed E-state index contributed by atoms with van der Waals surface area (Å²) in [6.45, 7) is 2.62. The quantitative estimate of drug-likeness (QED) is 0.681. The van der Waals surface area contributed by atoms with Crippen LogP contribution in [0.15, 0.2) is 41.4 Å². The van der Waals surface area contributed by atoms with Crippen LogP contribution in [0.1, 0.15) is 24.0 Å². The molecular weight excluding hydrogens is 401 g/mol. The molecule has 0 aromatic heterocycles. The van der Waals surface area contributed by atoms with E-state index in [0.29, 0.717) is 16.6 Å². The summed E-state index contributed by atoms with van der Waals surface area (Å²) in [5, 5.41) is 5.42. The molecule has 1 fully saturated rings. The van der Waals surface area contributed by atoms with Crippen LogP contribution < -0.4 is 10.2 Å². The van der Waals surface area contributed by atoms with Crippen LogP contribution in [0, 0.1) is 5.41 Å². The fraction of sp³-hybridized carbons (Fsp3) is 0.381. The minimum absolute atomic E-state index is 0.0305. The molecule has 2 aliphatic heterocycles. The first-order valence-corrected chi connectivity index (χ1v) is 10.3. The predicted octanol–water partition coefficient (Wildman–Crippen LogP) is 5.61. The maximum atomic E-state index is 6.31. The Balaban J connectivity index is 1.76. The predicted molar refractivity (Wildman–Crippen MR) is 116 cm³/mol.